The Hall–Kier alpha value is -0.220. The van der Waals surface area contributed by atoms with Crippen LogP contribution in [0.2, 0.25) is 0 Å². The van der Waals surface area contributed by atoms with E-state index in [1.165, 1.54) is 0 Å². The van der Waals surface area contributed by atoms with E-state index in [2.05, 4.69) is 18.5 Å². The third kappa shape index (κ3) is 4.33. The fourth-order valence-electron chi connectivity index (χ4n) is 1.13. The minimum Gasteiger partial charge on any atom is -0.342 e. The zero-order valence-corrected chi connectivity index (χ0v) is 10.6. The first-order valence-corrected chi connectivity index (χ1v) is 6.36. The first-order chi connectivity index (χ1) is 6.54. The fourth-order valence-corrected chi connectivity index (χ4v) is 1.71. The van der Waals surface area contributed by atoms with E-state index in [1.54, 1.807) is 0 Å². The Balaban J connectivity index is 4.03. The molecule has 14 heavy (non-hydrogen) atoms. The summed E-state index contributed by atoms with van der Waals surface area (Å²) in [5, 5.41) is 2.96. The van der Waals surface area contributed by atoms with E-state index in [-0.39, 0.29) is 11.9 Å². The third-order valence-electron chi connectivity index (χ3n) is 2.55. The average molecular weight is 218 g/mol. The molecule has 0 saturated heterocycles. The van der Waals surface area contributed by atoms with Crippen LogP contribution in [0.4, 0.5) is 0 Å². The van der Waals surface area contributed by atoms with Crippen LogP contribution in [0.5, 0.6) is 0 Å². The Kier molecular flexibility index (Phi) is 7.01. The van der Waals surface area contributed by atoms with E-state index in [4.69, 9.17) is 0 Å². The Morgan fingerprint density at radius 1 is 1.50 bits per heavy atom. The Morgan fingerprint density at radius 3 is 2.50 bits per heavy atom. The van der Waals surface area contributed by atoms with Crippen LogP contribution in [0.3, 0.4) is 0 Å². The van der Waals surface area contributed by atoms with Crippen molar-refractivity contribution in [2.24, 2.45) is 0 Å². The summed E-state index contributed by atoms with van der Waals surface area (Å²) in [5.74, 6) is 1.27. The molecule has 1 N–H and O–H groups in total. The summed E-state index contributed by atoms with van der Waals surface area (Å²) in [6.07, 6.45) is 3.14. The van der Waals surface area contributed by atoms with Crippen LogP contribution < -0.4 is 5.32 Å². The first-order valence-electron chi connectivity index (χ1n) is 4.97. The van der Waals surface area contributed by atoms with Crippen molar-refractivity contribution in [3.8, 4) is 0 Å². The van der Waals surface area contributed by atoms with Crippen molar-refractivity contribution in [2.75, 3.05) is 26.1 Å². The van der Waals surface area contributed by atoms with Gasteiger partial charge in [0.25, 0.3) is 0 Å². The number of rotatable bonds is 6. The molecular weight excluding hydrogens is 196 g/mol. The number of hydrogen-bond acceptors (Lipinski definition) is 3. The smallest absolute Gasteiger partial charge is 0.239 e. The number of likely N-dealkylation sites (N-methyl/N-ethyl adjacent to an activating group) is 2. The molecule has 84 valence electrons. The SMILES string of the molecule is CNC(C)C(=O)N(C)C(C)CCSC. The van der Waals surface area contributed by atoms with Crippen molar-refractivity contribution < 1.29 is 4.79 Å². The number of carbonyl (C=O) groups is 1. The molecule has 2 unspecified atom stereocenters. The van der Waals surface area contributed by atoms with E-state index in [9.17, 15) is 4.79 Å². The van der Waals surface area contributed by atoms with Crippen molar-refractivity contribution >= 4 is 17.7 Å². The summed E-state index contributed by atoms with van der Waals surface area (Å²) in [4.78, 5) is 13.6. The monoisotopic (exact) mass is 218 g/mol. The van der Waals surface area contributed by atoms with E-state index >= 15 is 0 Å². The minimum absolute atomic E-state index is 0.0864. The molecule has 0 aromatic rings. The van der Waals surface area contributed by atoms with Crippen LogP contribution in [-0.4, -0.2) is 49.0 Å². The van der Waals surface area contributed by atoms with Crippen LogP contribution >= 0.6 is 11.8 Å². The lowest BCUT2D eigenvalue weighted by Crippen LogP contribution is -2.45. The van der Waals surface area contributed by atoms with Gasteiger partial charge in [0, 0.05) is 13.1 Å². The molecule has 3 nitrogen and oxygen atoms in total. The van der Waals surface area contributed by atoms with Gasteiger partial charge in [-0.1, -0.05) is 0 Å². The van der Waals surface area contributed by atoms with E-state index in [1.807, 2.05) is 37.7 Å². The van der Waals surface area contributed by atoms with Gasteiger partial charge in [0.2, 0.25) is 5.91 Å². The molecule has 0 aromatic carbocycles. The standard InChI is InChI=1S/C10H22N2OS/c1-8(6-7-14-5)12(4)10(13)9(2)11-3/h8-9,11H,6-7H2,1-5H3. The van der Waals surface area contributed by atoms with Crippen molar-refractivity contribution in [3.63, 3.8) is 0 Å². The van der Waals surface area contributed by atoms with Gasteiger partial charge >= 0.3 is 0 Å². The number of carbonyl (C=O) groups excluding carboxylic acids is 1. The molecule has 0 bridgehead atoms. The molecule has 0 saturated carbocycles. The van der Waals surface area contributed by atoms with E-state index < -0.39 is 0 Å². The highest BCUT2D eigenvalue weighted by atomic mass is 32.2. The lowest BCUT2D eigenvalue weighted by molar-refractivity contribution is -0.133. The molecule has 4 heteroatoms. The molecular formula is C10H22N2OS. The highest BCUT2D eigenvalue weighted by Gasteiger charge is 2.19. The molecule has 0 spiro atoms. The average Bonchev–Trinajstić information content (AvgIpc) is 2.22. The second-order valence-corrected chi connectivity index (χ2v) is 4.58. The lowest BCUT2D eigenvalue weighted by Gasteiger charge is -2.27. The molecule has 0 heterocycles. The molecule has 0 aromatic heterocycles. The van der Waals surface area contributed by atoms with Gasteiger partial charge in [-0.25, -0.2) is 0 Å². The molecule has 0 aliphatic heterocycles. The van der Waals surface area contributed by atoms with E-state index in [0.717, 1.165) is 12.2 Å². The quantitative estimate of drug-likeness (QED) is 0.727. The number of hydrogen-bond donors (Lipinski definition) is 1. The minimum atomic E-state index is -0.0864. The molecule has 0 aliphatic carbocycles. The number of amides is 1. The lowest BCUT2D eigenvalue weighted by atomic mass is 10.2. The Labute approximate surface area is 91.6 Å². The Bertz CT molecular complexity index is 176. The second-order valence-electron chi connectivity index (χ2n) is 3.59. The summed E-state index contributed by atoms with van der Waals surface area (Å²) in [5.41, 5.74) is 0. The third-order valence-corrected chi connectivity index (χ3v) is 3.20. The molecule has 0 fully saturated rings. The first kappa shape index (κ1) is 13.8. The van der Waals surface area contributed by atoms with Gasteiger partial charge < -0.3 is 10.2 Å². The molecule has 0 radical (unpaired) electrons. The van der Waals surface area contributed by atoms with Gasteiger partial charge in [-0.3, -0.25) is 4.79 Å². The van der Waals surface area contributed by atoms with Gasteiger partial charge in [0.15, 0.2) is 0 Å². The predicted molar refractivity (Wildman–Crippen MR) is 63.8 cm³/mol. The summed E-state index contributed by atoms with van der Waals surface area (Å²) in [6.45, 7) is 3.98. The van der Waals surface area contributed by atoms with Crippen LogP contribution in [0.25, 0.3) is 0 Å². The predicted octanol–water partition coefficient (Wildman–Crippen LogP) is 1.19. The van der Waals surface area contributed by atoms with Gasteiger partial charge in [-0.15, -0.1) is 0 Å². The maximum absolute atomic E-state index is 11.7. The maximum Gasteiger partial charge on any atom is 0.239 e. The van der Waals surface area contributed by atoms with Crippen molar-refractivity contribution in [2.45, 2.75) is 32.4 Å². The van der Waals surface area contributed by atoms with Crippen LogP contribution in [-0.2, 0) is 4.79 Å². The normalized spacial score (nSPS) is 14.9. The van der Waals surface area contributed by atoms with Crippen LogP contribution in [0, 0.1) is 0 Å². The zero-order chi connectivity index (χ0) is 11.1. The topological polar surface area (TPSA) is 32.3 Å². The van der Waals surface area contributed by atoms with Gasteiger partial charge in [0.05, 0.1) is 6.04 Å². The van der Waals surface area contributed by atoms with Crippen molar-refractivity contribution in [1.82, 2.24) is 10.2 Å². The van der Waals surface area contributed by atoms with E-state index in [0.29, 0.717) is 6.04 Å². The largest absolute Gasteiger partial charge is 0.342 e. The molecule has 0 aliphatic rings. The fraction of sp³-hybridized carbons (Fsp3) is 0.900. The molecule has 0 rings (SSSR count). The van der Waals surface area contributed by atoms with Gasteiger partial charge in [-0.2, -0.15) is 11.8 Å². The van der Waals surface area contributed by atoms with Gasteiger partial charge in [0.1, 0.15) is 0 Å². The summed E-state index contributed by atoms with van der Waals surface area (Å²) < 4.78 is 0. The number of nitrogens with zero attached hydrogens (tertiary/aromatic N) is 1. The maximum atomic E-state index is 11.7. The van der Waals surface area contributed by atoms with Crippen molar-refractivity contribution in [1.29, 1.82) is 0 Å². The summed E-state index contributed by atoms with van der Waals surface area (Å²) in [7, 11) is 3.68. The number of thioether (sulfide) groups is 1. The molecule has 1 amide bonds. The molecule has 2 atom stereocenters. The zero-order valence-electron chi connectivity index (χ0n) is 9.83. The van der Waals surface area contributed by atoms with Gasteiger partial charge in [-0.05, 0) is 39.3 Å². The summed E-state index contributed by atoms with van der Waals surface area (Å²) >= 11 is 1.82. The second kappa shape index (κ2) is 7.12. The van der Waals surface area contributed by atoms with Crippen molar-refractivity contribution in [3.05, 3.63) is 0 Å². The summed E-state index contributed by atoms with van der Waals surface area (Å²) in [6, 6.07) is 0.238. The Morgan fingerprint density at radius 2 is 2.07 bits per heavy atom. The number of nitrogens with one attached hydrogen (secondary N) is 1. The van der Waals surface area contributed by atoms with Crippen LogP contribution in [0.15, 0.2) is 0 Å². The van der Waals surface area contributed by atoms with Crippen LogP contribution in [0.1, 0.15) is 20.3 Å². The highest BCUT2D eigenvalue weighted by Crippen LogP contribution is 2.07. The highest BCUT2D eigenvalue weighted by molar-refractivity contribution is 7.98.